The third-order valence-corrected chi connectivity index (χ3v) is 3.97. The molecule has 0 aromatic heterocycles. The first-order valence-electron chi connectivity index (χ1n) is 8.26. The Hall–Kier alpha value is -1.63. The maximum atomic E-state index is 11.4. The molecule has 6 heteroatoms. The van der Waals surface area contributed by atoms with Gasteiger partial charge in [0.05, 0.1) is 19.3 Å². The van der Waals surface area contributed by atoms with Crippen LogP contribution in [0.5, 0.6) is 11.5 Å². The van der Waals surface area contributed by atoms with Gasteiger partial charge in [0.25, 0.3) is 0 Å². The van der Waals surface area contributed by atoms with E-state index in [4.69, 9.17) is 14.2 Å². The van der Waals surface area contributed by atoms with Crippen molar-refractivity contribution in [3.63, 3.8) is 0 Å². The van der Waals surface area contributed by atoms with Gasteiger partial charge in [-0.25, -0.2) is 0 Å². The van der Waals surface area contributed by atoms with E-state index in [-0.39, 0.29) is 24.6 Å². The van der Waals surface area contributed by atoms with Crippen LogP contribution in [-0.2, 0) is 4.74 Å². The average Bonchev–Trinajstić information content (AvgIpc) is 2.51. The Morgan fingerprint density at radius 2 is 2.00 bits per heavy atom. The van der Waals surface area contributed by atoms with E-state index in [1.165, 1.54) is 14.0 Å². The van der Waals surface area contributed by atoms with E-state index in [0.717, 1.165) is 13.1 Å². The van der Waals surface area contributed by atoms with Gasteiger partial charge in [0.1, 0.15) is 12.7 Å². The summed E-state index contributed by atoms with van der Waals surface area (Å²) in [6, 6.07) is 5.04. The van der Waals surface area contributed by atoms with Gasteiger partial charge >= 0.3 is 0 Å². The monoisotopic (exact) mass is 337 g/mol. The van der Waals surface area contributed by atoms with E-state index in [1.807, 2.05) is 13.8 Å². The molecule has 0 aliphatic carbocycles. The molecule has 0 radical (unpaired) electrons. The third-order valence-electron chi connectivity index (χ3n) is 3.97. The summed E-state index contributed by atoms with van der Waals surface area (Å²) in [6.07, 6.45) is -0.276. The Balaban J connectivity index is 1.89. The summed E-state index contributed by atoms with van der Waals surface area (Å²) in [6.45, 7) is 7.88. The number of β-amino-alcohol motifs (C(OH)–C–C–N with tert-alkyl or cyclic N) is 1. The molecule has 0 saturated carbocycles. The van der Waals surface area contributed by atoms with Crippen LogP contribution in [0.3, 0.4) is 0 Å². The number of nitrogens with zero attached hydrogens (tertiary/aromatic N) is 1. The molecule has 24 heavy (non-hydrogen) atoms. The van der Waals surface area contributed by atoms with E-state index >= 15 is 0 Å². The summed E-state index contributed by atoms with van der Waals surface area (Å²) in [7, 11) is 1.53. The minimum absolute atomic E-state index is 0.0320. The molecule has 1 saturated heterocycles. The molecule has 0 spiro atoms. The molecule has 1 aromatic rings. The fourth-order valence-corrected chi connectivity index (χ4v) is 2.98. The van der Waals surface area contributed by atoms with Crippen LogP contribution in [-0.4, -0.2) is 67.5 Å². The maximum absolute atomic E-state index is 11.4. The normalized spacial score (nSPS) is 22.9. The molecular weight excluding hydrogens is 310 g/mol. The van der Waals surface area contributed by atoms with Crippen molar-refractivity contribution in [2.75, 3.05) is 33.4 Å². The molecule has 2 rings (SSSR count). The molecule has 0 bridgehead atoms. The number of aliphatic hydroxyl groups excluding tert-OH is 1. The van der Waals surface area contributed by atoms with E-state index in [0.29, 0.717) is 23.6 Å². The molecule has 3 unspecified atom stereocenters. The van der Waals surface area contributed by atoms with Crippen LogP contribution in [0.25, 0.3) is 0 Å². The predicted octanol–water partition coefficient (Wildman–Crippen LogP) is 1.75. The summed E-state index contributed by atoms with van der Waals surface area (Å²) in [5, 5.41) is 10.2. The van der Waals surface area contributed by atoms with Gasteiger partial charge in [0.15, 0.2) is 17.3 Å². The fraction of sp³-hybridized carbons (Fsp3) is 0.611. The van der Waals surface area contributed by atoms with Gasteiger partial charge in [0.2, 0.25) is 0 Å². The number of morpholine rings is 1. The highest BCUT2D eigenvalue weighted by atomic mass is 16.5. The Morgan fingerprint density at radius 3 is 2.58 bits per heavy atom. The van der Waals surface area contributed by atoms with Gasteiger partial charge in [-0.3, -0.25) is 9.69 Å². The quantitative estimate of drug-likeness (QED) is 0.765. The van der Waals surface area contributed by atoms with Crippen molar-refractivity contribution in [1.29, 1.82) is 0 Å². The zero-order valence-electron chi connectivity index (χ0n) is 14.8. The number of ketones is 1. The van der Waals surface area contributed by atoms with Gasteiger partial charge in [-0.1, -0.05) is 0 Å². The second-order valence-electron chi connectivity index (χ2n) is 6.36. The highest BCUT2D eigenvalue weighted by molar-refractivity contribution is 5.94. The second-order valence-corrected chi connectivity index (χ2v) is 6.36. The van der Waals surface area contributed by atoms with Gasteiger partial charge in [0, 0.05) is 25.2 Å². The standard InChI is InChI=1S/C18H27NO5/c1-12-8-19(9-13(2)24-12)10-16(21)11-23-17-6-5-15(14(3)20)7-18(17)22-4/h5-7,12-13,16,21H,8-11H2,1-4H3. The van der Waals surface area contributed by atoms with Crippen LogP contribution < -0.4 is 9.47 Å². The summed E-state index contributed by atoms with van der Waals surface area (Å²) < 4.78 is 16.6. The lowest BCUT2D eigenvalue weighted by Crippen LogP contribution is -2.48. The average molecular weight is 337 g/mol. The summed E-state index contributed by atoms with van der Waals surface area (Å²) in [5.74, 6) is 0.976. The zero-order chi connectivity index (χ0) is 17.7. The molecular formula is C18H27NO5. The highest BCUT2D eigenvalue weighted by Crippen LogP contribution is 2.28. The molecule has 1 N–H and O–H groups in total. The van der Waals surface area contributed by atoms with Crippen LogP contribution in [0.2, 0.25) is 0 Å². The molecule has 1 aliphatic heterocycles. The van der Waals surface area contributed by atoms with Crippen molar-refractivity contribution in [3.05, 3.63) is 23.8 Å². The minimum atomic E-state index is -0.611. The summed E-state index contributed by atoms with van der Waals surface area (Å²) in [4.78, 5) is 13.6. The SMILES string of the molecule is COc1cc(C(C)=O)ccc1OCC(O)CN1CC(C)OC(C)C1. The number of aliphatic hydroxyl groups is 1. The highest BCUT2D eigenvalue weighted by Gasteiger charge is 2.24. The number of ether oxygens (including phenoxy) is 3. The van der Waals surface area contributed by atoms with Crippen molar-refractivity contribution in [3.8, 4) is 11.5 Å². The number of hydrogen-bond donors (Lipinski definition) is 1. The van der Waals surface area contributed by atoms with Gasteiger partial charge in [-0.2, -0.15) is 0 Å². The molecule has 6 nitrogen and oxygen atoms in total. The number of rotatable bonds is 7. The van der Waals surface area contributed by atoms with Crippen LogP contribution >= 0.6 is 0 Å². The van der Waals surface area contributed by atoms with E-state index < -0.39 is 6.10 Å². The molecule has 3 atom stereocenters. The lowest BCUT2D eigenvalue weighted by molar-refractivity contribution is -0.0787. The number of carbonyl (C=O) groups excluding carboxylic acids is 1. The molecule has 1 aromatic carbocycles. The largest absolute Gasteiger partial charge is 0.493 e. The smallest absolute Gasteiger partial charge is 0.161 e. The Kier molecular flexibility index (Phi) is 6.60. The Morgan fingerprint density at radius 1 is 1.33 bits per heavy atom. The number of carbonyl (C=O) groups is 1. The molecule has 134 valence electrons. The van der Waals surface area contributed by atoms with E-state index in [1.54, 1.807) is 18.2 Å². The lowest BCUT2D eigenvalue weighted by atomic mass is 10.1. The van der Waals surface area contributed by atoms with E-state index in [9.17, 15) is 9.90 Å². The molecule has 1 aliphatic rings. The molecule has 1 heterocycles. The second kappa shape index (κ2) is 8.46. The van der Waals surface area contributed by atoms with Crippen LogP contribution in [0.1, 0.15) is 31.1 Å². The maximum Gasteiger partial charge on any atom is 0.161 e. The lowest BCUT2D eigenvalue weighted by Gasteiger charge is -2.36. The number of methoxy groups -OCH3 is 1. The zero-order valence-corrected chi connectivity index (χ0v) is 14.8. The van der Waals surface area contributed by atoms with Crippen molar-refractivity contribution in [2.45, 2.75) is 39.1 Å². The molecule has 1 fully saturated rings. The molecule has 0 amide bonds. The van der Waals surface area contributed by atoms with E-state index in [2.05, 4.69) is 4.90 Å². The summed E-state index contributed by atoms with van der Waals surface area (Å²) in [5.41, 5.74) is 0.566. The Bertz CT molecular complexity index is 552. The first-order chi connectivity index (χ1) is 11.4. The van der Waals surface area contributed by atoms with Gasteiger partial charge in [-0.05, 0) is 39.0 Å². The van der Waals surface area contributed by atoms with Crippen LogP contribution in [0.15, 0.2) is 18.2 Å². The topological polar surface area (TPSA) is 68.2 Å². The van der Waals surface area contributed by atoms with Crippen molar-refractivity contribution in [2.24, 2.45) is 0 Å². The minimum Gasteiger partial charge on any atom is -0.493 e. The first kappa shape index (κ1) is 18.7. The van der Waals surface area contributed by atoms with Crippen LogP contribution in [0, 0.1) is 0 Å². The van der Waals surface area contributed by atoms with Gasteiger partial charge < -0.3 is 19.3 Å². The van der Waals surface area contributed by atoms with Crippen molar-refractivity contribution < 1.29 is 24.1 Å². The van der Waals surface area contributed by atoms with Gasteiger partial charge in [-0.15, -0.1) is 0 Å². The number of Topliss-reactive ketones (excluding diaryl/α,β-unsaturated/α-hetero) is 1. The number of benzene rings is 1. The van der Waals surface area contributed by atoms with Crippen molar-refractivity contribution in [1.82, 2.24) is 4.90 Å². The third kappa shape index (κ3) is 5.19. The van der Waals surface area contributed by atoms with Crippen LogP contribution in [0.4, 0.5) is 0 Å². The predicted molar refractivity (Wildman–Crippen MR) is 90.9 cm³/mol. The fourth-order valence-electron chi connectivity index (χ4n) is 2.98. The summed E-state index contributed by atoms with van der Waals surface area (Å²) >= 11 is 0. The number of hydrogen-bond acceptors (Lipinski definition) is 6. The first-order valence-corrected chi connectivity index (χ1v) is 8.26. The Labute approximate surface area is 143 Å². The van der Waals surface area contributed by atoms with Crippen molar-refractivity contribution >= 4 is 5.78 Å².